The summed E-state index contributed by atoms with van der Waals surface area (Å²) in [5, 5.41) is 14.1. The Morgan fingerprint density at radius 2 is 2.21 bits per heavy atom. The lowest BCUT2D eigenvalue weighted by Gasteiger charge is -2.07. The monoisotopic (exact) mass is 209 g/mol. The van der Waals surface area contributed by atoms with E-state index in [0.717, 1.165) is 6.07 Å². The van der Waals surface area contributed by atoms with Crippen molar-refractivity contribution in [2.24, 2.45) is 5.73 Å². The van der Waals surface area contributed by atoms with Crippen LogP contribution >= 0.6 is 0 Å². The van der Waals surface area contributed by atoms with Crippen molar-refractivity contribution in [3.05, 3.63) is 17.5 Å². The van der Waals surface area contributed by atoms with Crippen molar-refractivity contribution in [3.8, 4) is 0 Å². The lowest BCUT2D eigenvalue weighted by Crippen LogP contribution is -2.16. The summed E-state index contributed by atoms with van der Waals surface area (Å²) in [6.45, 7) is -0.244. The number of aliphatic hydroxyl groups excluding tert-OH is 1. The number of hydrogen-bond donors (Lipinski definition) is 3. The second kappa shape index (κ2) is 3.97. The smallest absolute Gasteiger partial charge is 0.396 e. The second-order valence-corrected chi connectivity index (χ2v) is 2.82. The Morgan fingerprint density at radius 3 is 2.57 bits per heavy atom. The Balaban J connectivity index is 2.87. The molecule has 1 unspecified atom stereocenters. The first-order valence-electron chi connectivity index (χ1n) is 3.92. The first kappa shape index (κ1) is 11.0. The average Bonchev–Trinajstić information content (AvgIpc) is 2.54. The number of nitrogens with two attached hydrogens (primary N) is 1. The van der Waals surface area contributed by atoms with Crippen LogP contribution in [0.5, 0.6) is 0 Å². The van der Waals surface area contributed by atoms with Gasteiger partial charge in [0.25, 0.3) is 0 Å². The molecule has 1 aromatic rings. The minimum absolute atomic E-state index is 0.0655. The molecular weight excluding hydrogens is 199 g/mol. The fourth-order valence-corrected chi connectivity index (χ4v) is 0.991. The molecule has 1 aromatic heterocycles. The summed E-state index contributed by atoms with van der Waals surface area (Å²) < 4.78 is 36.3. The van der Waals surface area contributed by atoms with Crippen molar-refractivity contribution in [3.63, 3.8) is 0 Å². The van der Waals surface area contributed by atoms with Gasteiger partial charge in [-0.05, 0) is 6.07 Å². The molecule has 1 atom stereocenters. The van der Waals surface area contributed by atoms with Crippen LogP contribution in [0.15, 0.2) is 6.07 Å². The maximum atomic E-state index is 12.1. The predicted molar refractivity (Wildman–Crippen MR) is 42.5 cm³/mol. The van der Waals surface area contributed by atoms with Crippen molar-refractivity contribution < 1.29 is 18.3 Å². The zero-order chi connectivity index (χ0) is 10.8. The molecule has 0 saturated carbocycles. The van der Waals surface area contributed by atoms with Crippen LogP contribution in [0.1, 0.15) is 17.3 Å². The Morgan fingerprint density at radius 1 is 1.57 bits per heavy atom. The summed E-state index contributed by atoms with van der Waals surface area (Å²) in [6.07, 6.45) is -4.47. The highest BCUT2D eigenvalue weighted by molar-refractivity contribution is 5.15. The van der Waals surface area contributed by atoms with Gasteiger partial charge in [-0.1, -0.05) is 0 Å². The molecule has 0 bridgehead atoms. The van der Waals surface area contributed by atoms with Crippen LogP contribution in [0.3, 0.4) is 0 Å². The minimum atomic E-state index is -4.47. The highest BCUT2D eigenvalue weighted by atomic mass is 19.4. The Hall–Kier alpha value is -1.08. The highest BCUT2D eigenvalue weighted by Gasteiger charge is 2.34. The van der Waals surface area contributed by atoms with Crippen LogP contribution in [0.25, 0.3) is 0 Å². The first-order chi connectivity index (χ1) is 6.49. The molecule has 1 rings (SSSR count). The standard InChI is InChI=1S/C7H10F3N3O/c8-7(9,10)6-1-5(12-13-6)4(2-11)3-14/h1,4,14H,2-3,11H2,(H,12,13). The quantitative estimate of drug-likeness (QED) is 0.677. The van der Waals surface area contributed by atoms with Gasteiger partial charge in [0.2, 0.25) is 0 Å². The summed E-state index contributed by atoms with van der Waals surface area (Å²) in [5.74, 6) is -0.529. The average molecular weight is 209 g/mol. The van der Waals surface area contributed by atoms with E-state index in [2.05, 4.69) is 10.2 Å². The van der Waals surface area contributed by atoms with Crippen LogP contribution in [0.4, 0.5) is 13.2 Å². The van der Waals surface area contributed by atoms with E-state index in [-0.39, 0.29) is 18.8 Å². The summed E-state index contributed by atoms with van der Waals surface area (Å²) in [4.78, 5) is 0. The van der Waals surface area contributed by atoms with Crippen LogP contribution < -0.4 is 5.73 Å². The molecule has 14 heavy (non-hydrogen) atoms. The van der Waals surface area contributed by atoms with Crippen LogP contribution in [-0.4, -0.2) is 28.5 Å². The minimum Gasteiger partial charge on any atom is -0.396 e. The third kappa shape index (κ3) is 2.24. The van der Waals surface area contributed by atoms with E-state index in [1.165, 1.54) is 0 Å². The molecule has 0 aliphatic rings. The van der Waals surface area contributed by atoms with Gasteiger partial charge in [-0.25, -0.2) is 0 Å². The molecule has 7 heteroatoms. The zero-order valence-electron chi connectivity index (χ0n) is 7.17. The first-order valence-corrected chi connectivity index (χ1v) is 3.92. The predicted octanol–water partition coefficient (Wildman–Crippen LogP) is 0.463. The van der Waals surface area contributed by atoms with E-state index in [1.807, 2.05) is 0 Å². The van der Waals surface area contributed by atoms with Crippen molar-refractivity contribution >= 4 is 0 Å². The van der Waals surface area contributed by atoms with E-state index in [4.69, 9.17) is 10.8 Å². The van der Waals surface area contributed by atoms with E-state index >= 15 is 0 Å². The van der Waals surface area contributed by atoms with Crippen LogP contribution in [0, 0.1) is 0 Å². The molecule has 0 saturated heterocycles. The number of H-pyrrole nitrogens is 1. The lowest BCUT2D eigenvalue weighted by atomic mass is 10.1. The number of alkyl halides is 3. The highest BCUT2D eigenvalue weighted by Crippen LogP contribution is 2.28. The fraction of sp³-hybridized carbons (Fsp3) is 0.571. The number of aromatic amines is 1. The normalized spacial score (nSPS) is 14.4. The number of halogens is 3. The number of rotatable bonds is 3. The molecule has 0 amide bonds. The Kier molecular flexibility index (Phi) is 3.12. The molecule has 0 fully saturated rings. The van der Waals surface area contributed by atoms with Gasteiger partial charge >= 0.3 is 6.18 Å². The maximum Gasteiger partial charge on any atom is 0.435 e. The molecule has 80 valence electrons. The van der Waals surface area contributed by atoms with Gasteiger partial charge in [-0.2, -0.15) is 18.3 Å². The van der Waals surface area contributed by atoms with Crippen molar-refractivity contribution in [2.45, 2.75) is 12.1 Å². The zero-order valence-corrected chi connectivity index (χ0v) is 7.17. The lowest BCUT2D eigenvalue weighted by molar-refractivity contribution is -0.141. The van der Waals surface area contributed by atoms with Crippen molar-refractivity contribution in [2.75, 3.05) is 13.2 Å². The molecule has 4 nitrogen and oxygen atoms in total. The Bertz CT molecular complexity index is 293. The van der Waals surface area contributed by atoms with E-state index < -0.39 is 17.8 Å². The summed E-state index contributed by atoms with van der Waals surface area (Å²) >= 11 is 0. The number of aromatic nitrogens is 2. The summed E-state index contributed by atoms with van der Waals surface area (Å²) in [7, 11) is 0. The topological polar surface area (TPSA) is 74.9 Å². The SMILES string of the molecule is NCC(CO)c1cc(C(F)(F)F)n[nH]1. The van der Waals surface area contributed by atoms with Crippen LogP contribution in [-0.2, 0) is 6.18 Å². The molecular formula is C7H10F3N3O. The molecule has 0 spiro atoms. The van der Waals surface area contributed by atoms with Gasteiger partial charge < -0.3 is 10.8 Å². The third-order valence-corrected chi connectivity index (χ3v) is 1.83. The maximum absolute atomic E-state index is 12.1. The number of nitrogens with one attached hydrogen (secondary N) is 1. The van der Waals surface area contributed by atoms with Gasteiger partial charge in [0, 0.05) is 18.2 Å². The largest absolute Gasteiger partial charge is 0.435 e. The number of hydrogen-bond acceptors (Lipinski definition) is 3. The van der Waals surface area contributed by atoms with Gasteiger partial charge in [-0.3, -0.25) is 5.10 Å². The molecule has 0 radical (unpaired) electrons. The number of aliphatic hydroxyl groups is 1. The van der Waals surface area contributed by atoms with Crippen molar-refractivity contribution in [1.29, 1.82) is 0 Å². The fourth-order valence-electron chi connectivity index (χ4n) is 0.991. The Labute approximate surface area is 77.9 Å². The van der Waals surface area contributed by atoms with E-state index in [1.54, 1.807) is 0 Å². The molecule has 1 heterocycles. The van der Waals surface area contributed by atoms with Gasteiger partial charge in [0.1, 0.15) is 0 Å². The molecule has 0 aromatic carbocycles. The molecule has 0 aliphatic carbocycles. The van der Waals surface area contributed by atoms with Gasteiger partial charge in [-0.15, -0.1) is 0 Å². The van der Waals surface area contributed by atoms with Gasteiger partial charge in [0.15, 0.2) is 5.69 Å². The van der Waals surface area contributed by atoms with Crippen LogP contribution in [0.2, 0.25) is 0 Å². The number of nitrogens with zero attached hydrogens (tertiary/aromatic N) is 1. The summed E-state index contributed by atoms with van der Waals surface area (Å²) in [6, 6.07) is 0.855. The molecule has 4 N–H and O–H groups in total. The third-order valence-electron chi connectivity index (χ3n) is 1.83. The van der Waals surface area contributed by atoms with E-state index in [9.17, 15) is 13.2 Å². The van der Waals surface area contributed by atoms with E-state index in [0.29, 0.717) is 0 Å². The summed E-state index contributed by atoms with van der Waals surface area (Å²) in [5.41, 5.74) is 4.44. The second-order valence-electron chi connectivity index (χ2n) is 2.82. The molecule has 0 aliphatic heterocycles. The van der Waals surface area contributed by atoms with Crippen molar-refractivity contribution in [1.82, 2.24) is 10.2 Å². The van der Waals surface area contributed by atoms with Gasteiger partial charge in [0.05, 0.1) is 6.61 Å².